The summed E-state index contributed by atoms with van der Waals surface area (Å²) in [5.74, 6) is -3.66. The zero-order chi connectivity index (χ0) is 24.4. The van der Waals surface area contributed by atoms with Gasteiger partial charge in [-0.1, -0.05) is 47.2 Å². The van der Waals surface area contributed by atoms with Crippen LogP contribution < -0.4 is 5.32 Å². The molecular formula is C25H27ClF2N4O2S. The van der Waals surface area contributed by atoms with E-state index in [0.29, 0.717) is 27.4 Å². The molecule has 1 aliphatic heterocycles. The van der Waals surface area contributed by atoms with Gasteiger partial charge in [-0.3, -0.25) is 9.48 Å². The molecular weight excluding hydrogens is 494 g/mol. The summed E-state index contributed by atoms with van der Waals surface area (Å²) in [7, 11) is 0. The first-order chi connectivity index (χ1) is 16.9. The van der Waals surface area contributed by atoms with Gasteiger partial charge in [-0.25, -0.2) is 13.8 Å². The van der Waals surface area contributed by atoms with Gasteiger partial charge in [0.2, 0.25) is 11.8 Å². The van der Waals surface area contributed by atoms with Crippen LogP contribution in [0.3, 0.4) is 0 Å². The summed E-state index contributed by atoms with van der Waals surface area (Å²) in [4.78, 5) is 17.3. The van der Waals surface area contributed by atoms with Gasteiger partial charge in [0, 0.05) is 44.4 Å². The molecule has 2 aliphatic rings. The zero-order valence-electron chi connectivity index (χ0n) is 19.1. The number of hydrogen-bond donors (Lipinski definition) is 1. The Hall–Kier alpha value is -2.36. The number of carbonyl (C=O) groups excluding carboxylic acids is 1. The average molecular weight is 521 g/mol. The molecule has 2 fully saturated rings. The molecule has 6 nitrogen and oxygen atoms in total. The molecule has 10 heteroatoms. The topological polar surface area (TPSA) is 69.0 Å². The van der Waals surface area contributed by atoms with E-state index in [1.54, 1.807) is 0 Å². The van der Waals surface area contributed by atoms with Crippen molar-refractivity contribution < 1.29 is 18.3 Å². The van der Waals surface area contributed by atoms with Crippen molar-refractivity contribution in [3.63, 3.8) is 0 Å². The van der Waals surface area contributed by atoms with E-state index in [0.717, 1.165) is 55.1 Å². The molecule has 3 heterocycles. The van der Waals surface area contributed by atoms with Crippen molar-refractivity contribution in [2.75, 3.05) is 18.5 Å². The second-order valence-corrected chi connectivity index (χ2v) is 11.1. The third kappa shape index (κ3) is 5.90. The van der Waals surface area contributed by atoms with Crippen LogP contribution >= 0.6 is 22.9 Å². The first-order valence-corrected chi connectivity index (χ1v) is 13.1. The van der Waals surface area contributed by atoms with Crippen LogP contribution in [0.1, 0.15) is 43.6 Å². The molecule has 1 aromatic carbocycles. The molecule has 2 aromatic heterocycles. The lowest BCUT2D eigenvalue weighted by molar-refractivity contribution is -0.118. The number of anilines is 1. The Morgan fingerprint density at radius 1 is 1.20 bits per heavy atom. The Kier molecular flexibility index (Phi) is 7.18. The summed E-state index contributed by atoms with van der Waals surface area (Å²) in [6.45, 7) is 2.47. The molecule has 0 radical (unpaired) electrons. The monoisotopic (exact) mass is 520 g/mol. The van der Waals surface area contributed by atoms with Crippen LogP contribution in [0.15, 0.2) is 42.9 Å². The van der Waals surface area contributed by atoms with Crippen LogP contribution in [0.2, 0.25) is 4.34 Å². The summed E-state index contributed by atoms with van der Waals surface area (Å²) in [6, 6.07) is 7.58. The van der Waals surface area contributed by atoms with E-state index >= 15 is 0 Å². The minimum absolute atomic E-state index is 0.199. The predicted molar refractivity (Wildman–Crippen MR) is 132 cm³/mol. The Labute approximate surface area is 211 Å². The van der Waals surface area contributed by atoms with E-state index < -0.39 is 17.8 Å². The molecule has 1 saturated carbocycles. The maximum Gasteiger partial charge on any atom is 0.248 e. The van der Waals surface area contributed by atoms with Gasteiger partial charge in [-0.2, -0.15) is 5.10 Å². The molecule has 35 heavy (non-hydrogen) atoms. The van der Waals surface area contributed by atoms with Gasteiger partial charge in [0.25, 0.3) is 0 Å². The number of hydrogen-bond acceptors (Lipinski definition) is 5. The molecule has 0 bridgehead atoms. The summed E-state index contributed by atoms with van der Waals surface area (Å²) in [5.41, 5.74) is 2.66. The summed E-state index contributed by atoms with van der Waals surface area (Å²) < 4.78 is 35.9. The highest BCUT2D eigenvalue weighted by Crippen LogP contribution is 2.46. The molecule has 2 atom stereocenters. The van der Waals surface area contributed by atoms with Crippen LogP contribution in [0.5, 0.6) is 0 Å². The fraction of sp³-hybridized carbons (Fsp3) is 0.480. The predicted octanol–water partition coefficient (Wildman–Crippen LogP) is 6.24. The number of amides is 1. The molecule has 1 N–H and O–H groups in total. The summed E-state index contributed by atoms with van der Waals surface area (Å²) in [5, 5.41) is 7.65. The van der Waals surface area contributed by atoms with E-state index in [1.807, 2.05) is 41.3 Å². The second kappa shape index (κ2) is 10.3. The highest BCUT2D eigenvalue weighted by molar-refractivity contribution is 7.19. The van der Waals surface area contributed by atoms with Gasteiger partial charge in [-0.05, 0) is 42.2 Å². The van der Waals surface area contributed by atoms with Crippen molar-refractivity contribution in [3.05, 3.63) is 52.8 Å². The molecule has 186 valence electrons. The third-order valence-electron chi connectivity index (χ3n) is 6.93. The first-order valence-electron chi connectivity index (χ1n) is 11.9. The number of aromatic nitrogens is 3. The number of alkyl halides is 2. The average Bonchev–Trinajstić information content (AvgIpc) is 3.56. The number of carbonyl (C=O) groups is 1. The fourth-order valence-corrected chi connectivity index (χ4v) is 5.91. The Bertz CT molecular complexity index is 1160. The van der Waals surface area contributed by atoms with Gasteiger partial charge in [0.15, 0.2) is 5.13 Å². The number of nitrogens with one attached hydrogen (secondary N) is 1. The first kappa shape index (κ1) is 24.3. The van der Waals surface area contributed by atoms with Crippen LogP contribution in [-0.2, 0) is 16.1 Å². The maximum atomic E-state index is 14.0. The van der Waals surface area contributed by atoms with Crippen molar-refractivity contribution in [1.29, 1.82) is 0 Å². The van der Waals surface area contributed by atoms with E-state index in [1.165, 1.54) is 6.20 Å². The molecule has 2 unspecified atom stereocenters. The van der Waals surface area contributed by atoms with Crippen LogP contribution in [-0.4, -0.2) is 39.8 Å². The van der Waals surface area contributed by atoms with Crippen molar-refractivity contribution in [1.82, 2.24) is 14.8 Å². The quantitative estimate of drug-likeness (QED) is 0.400. The van der Waals surface area contributed by atoms with E-state index in [9.17, 15) is 13.6 Å². The van der Waals surface area contributed by atoms with Gasteiger partial charge in [0.1, 0.15) is 4.34 Å². The fourth-order valence-electron chi connectivity index (χ4n) is 5.09. The molecule has 0 spiro atoms. The number of rotatable bonds is 7. The smallest absolute Gasteiger partial charge is 0.248 e. The van der Waals surface area contributed by atoms with Crippen LogP contribution in [0.4, 0.5) is 13.9 Å². The second-order valence-electron chi connectivity index (χ2n) is 9.42. The van der Waals surface area contributed by atoms with Crippen molar-refractivity contribution in [3.8, 4) is 11.1 Å². The number of ether oxygens (including phenoxy) is 1. The minimum Gasteiger partial charge on any atom is -0.381 e. The normalized spacial score (nSPS) is 21.2. The van der Waals surface area contributed by atoms with Gasteiger partial charge in [-0.15, -0.1) is 0 Å². The molecule has 1 amide bonds. The number of nitrogens with zero attached hydrogens (tertiary/aromatic N) is 3. The van der Waals surface area contributed by atoms with E-state index in [4.69, 9.17) is 16.3 Å². The molecule has 1 aliphatic carbocycles. The third-order valence-corrected chi connectivity index (χ3v) is 7.96. The number of thiazole rings is 1. The van der Waals surface area contributed by atoms with Gasteiger partial charge < -0.3 is 10.1 Å². The van der Waals surface area contributed by atoms with Crippen LogP contribution in [0, 0.1) is 11.8 Å². The van der Waals surface area contributed by atoms with E-state index in [2.05, 4.69) is 15.4 Å². The molecule has 1 saturated heterocycles. The highest BCUT2D eigenvalue weighted by Gasteiger charge is 2.45. The SMILES string of the molecule is O=C(Nc1ncc(Cl)s1)C(c1ccc(-c2cnn(CC3CCOCC3)c2)cc1)C1CCC(F)(F)C1. The Morgan fingerprint density at radius 3 is 2.63 bits per heavy atom. The lowest BCUT2D eigenvalue weighted by atomic mass is 9.83. The van der Waals surface area contributed by atoms with Gasteiger partial charge >= 0.3 is 0 Å². The Balaban J connectivity index is 1.33. The number of benzene rings is 1. The van der Waals surface area contributed by atoms with Crippen molar-refractivity contribution >= 4 is 34.0 Å². The largest absolute Gasteiger partial charge is 0.381 e. The summed E-state index contributed by atoms with van der Waals surface area (Å²) >= 11 is 7.07. The standard InChI is InChI=1S/C25H27ClF2N4O2S/c26-21-13-29-24(35-21)31-23(33)22(19-5-8-25(27,28)11-19)18-3-1-17(2-4-18)20-12-30-32(15-20)14-16-6-9-34-10-7-16/h1-4,12-13,15-16,19,22H,5-11,14H2,(H,29,31,33). The van der Waals surface area contributed by atoms with Gasteiger partial charge in [0.05, 0.1) is 18.3 Å². The van der Waals surface area contributed by atoms with Crippen molar-refractivity contribution in [2.24, 2.45) is 11.8 Å². The lowest BCUT2D eigenvalue weighted by Gasteiger charge is -2.23. The summed E-state index contributed by atoms with van der Waals surface area (Å²) in [6.07, 6.45) is 7.20. The lowest BCUT2D eigenvalue weighted by Crippen LogP contribution is -2.27. The molecule has 3 aromatic rings. The van der Waals surface area contributed by atoms with Crippen molar-refractivity contribution in [2.45, 2.75) is 50.5 Å². The van der Waals surface area contributed by atoms with Crippen LogP contribution in [0.25, 0.3) is 11.1 Å². The maximum absolute atomic E-state index is 14.0. The Morgan fingerprint density at radius 2 is 1.97 bits per heavy atom. The number of halogens is 3. The van der Waals surface area contributed by atoms with E-state index in [-0.39, 0.29) is 18.7 Å². The highest BCUT2D eigenvalue weighted by atomic mass is 35.5. The zero-order valence-corrected chi connectivity index (χ0v) is 20.7. The molecule has 5 rings (SSSR count). The minimum atomic E-state index is -2.74.